The number of nitrogens with zero attached hydrogens (tertiary/aromatic N) is 2. The van der Waals surface area contributed by atoms with Crippen molar-refractivity contribution in [3.63, 3.8) is 0 Å². The van der Waals surface area contributed by atoms with Crippen molar-refractivity contribution in [3.05, 3.63) is 0 Å². The molecule has 0 aromatic carbocycles. The van der Waals surface area contributed by atoms with Crippen molar-refractivity contribution >= 4 is 16.0 Å². The molecule has 0 amide bonds. The van der Waals surface area contributed by atoms with Gasteiger partial charge in [-0.3, -0.25) is 4.79 Å². The first-order valence-corrected chi connectivity index (χ1v) is 6.11. The fourth-order valence-electron chi connectivity index (χ4n) is 1.02. The SMILES string of the molecule is CCCN(CC(=O)O)S(=O)(=O)CCC#N. The van der Waals surface area contributed by atoms with Gasteiger partial charge in [0.1, 0.15) is 6.54 Å². The van der Waals surface area contributed by atoms with Crippen LogP contribution in [0.1, 0.15) is 19.8 Å². The molecule has 0 atom stereocenters. The van der Waals surface area contributed by atoms with E-state index in [9.17, 15) is 13.2 Å². The maximum absolute atomic E-state index is 11.5. The molecule has 0 bridgehead atoms. The lowest BCUT2D eigenvalue weighted by Crippen LogP contribution is -2.37. The minimum Gasteiger partial charge on any atom is -0.480 e. The lowest BCUT2D eigenvalue weighted by molar-refractivity contribution is -0.137. The summed E-state index contributed by atoms with van der Waals surface area (Å²) in [7, 11) is -3.61. The van der Waals surface area contributed by atoms with Crippen LogP contribution in [-0.2, 0) is 14.8 Å². The third-order valence-corrected chi connectivity index (χ3v) is 3.47. The lowest BCUT2D eigenvalue weighted by Gasteiger charge is -2.18. The Labute approximate surface area is 89.2 Å². The van der Waals surface area contributed by atoms with Crippen LogP contribution in [0.2, 0.25) is 0 Å². The Morgan fingerprint density at radius 3 is 2.53 bits per heavy atom. The summed E-state index contributed by atoms with van der Waals surface area (Å²) >= 11 is 0. The second-order valence-corrected chi connectivity index (χ2v) is 5.04. The Morgan fingerprint density at radius 1 is 1.53 bits per heavy atom. The molecule has 0 saturated carbocycles. The van der Waals surface area contributed by atoms with E-state index >= 15 is 0 Å². The highest BCUT2D eigenvalue weighted by atomic mass is 32.2. The van der Waals surface area contributed by atoms with Crippen LogP contribution in [-0.4, -0.2) is 42.6 Å². The van der Waals surface area contributed by atoms with E-state index < -0.39 is 22.5 Å². The van der Waals surface area contributed by atoms with Gasteiger partial charge in [-0.25, -0.2) is 8.42 Å². The van der Waals surface area contributed by atoms with Crippen LogP contribution in [0.15, 0.2) is 0 Å². The second kappa shape index (κ2) is 6.37. The summed E-state index contributed by atoms with van der Waals surface area (Å²) in [6, 6.07) is 1.72. The average Bonchev–Trinajstić information content (AvgIpc) is 2.13. The monoisotopic (exact) mass is 234 g/mol. The fourth-order valence-corrected chi connectivity index (χ4v) is 2.40. The van der Waals surface area contributed by atoms with Crippen LogP contribution in [0.3, 0.4) is 0 Å². The smallest absolute Gasteiger partial charge is 0.318 e. The van der Waals surface area contributed by atoms with E-state index in [4.69, 9.17) is 10.4 Å². The first-order valence-electron chi connectivity index (χ1n) is 4.50. The van der Waals surface area contributed by atoms with Crippen LogP contribution < -0.4 is 0 Å². The van der Waals surface area contributed by atoms with Crippen molar-refractivity contribution in [1.82, 2.24) is 4.31 Å². The van der Waals surface area contributed by atoms with Crippen LogP contribution in [0.4, 0.5) is 0 Å². The maximum Gasteiger partial charge on any atom is 0.318 e. The van der Waals surface area contributed by atoms with Gasteiger partial charge in [-0.15, -0.1) is 0 Å². The van der Waals surface area contributed by atoms with E-state index in [0.717, 1.165) is 4.31 Å². The van der Waals surface area contributed by atoms with Gasteiger partial charge in [-0.2, -0.15) is 9.57 Å². The van der Waals surface area contributed by atoms with Gasteiger partial charge < -0.3 is 5.11 Å². The molecular weight excluding hydrogens is 220 g/mol. The van der Waals surface area contributed by atoms with Gasteiger partial charge in [0.05, 0.1) is 18.2 Å². The van der Waals surface area contributed by atoms with Gasteiger partial charge in [0, 0.05) is 6.54 Å². The Morgan fingerprint density at radius 2 is 2.13 bits per heavy atom. The van der Waals surface area contributed by atoms with E-state index in [1.807, 2.05) is 0 Å². The number of sulfonamides is 1. The van der Waals surface area contributed by atoms with Crippen molar-refractivity contribution < 1.29 is 18.3 Å². The Balaban J connectivity index is 4.59. The van der Waals surface area contributed by atoms with Crippen LogP contribution in [0, 0.1) is 11.3 Å². The molecule has 0 aromatic rings. The Kier molecular flexibility index (Phi) is 5.89. The van der Waals surface area contributed by atoms with Crippen LogP contribution >= 0.6 is 0 Å². The maximum atomic E-state index is 11.5. The number of hydrogen-bond donors (Lipinski definition) is 1. The number of hydrogen-bond acceptors (Lipinski definition) is 4. The average molecular weight is 234 g/mol. The van der Waals surface area contributed by atoms with Crippen LogP contribution in [0.5, 0.6) is 0 Å². The van der Waals surface area contributed by atoms with E-state index in [2.05, 4.69) is 0 Å². The molecule has 0 aliphatic carbocycles. The largest absolute Gasteiger partial charge is 0.480 e. The molecule has 0 radical (unpaired) electrons. The highest BCUT2D eigenvalue weighted by molar-refractivity contribution is 7.89. The van der Waals surface area contributed by atoms with Gasteiger partial charge in [-0.05, 0) is 6.42 Å². The summed E-state index contributed by atoms with van der Waals surface area (Å²) < 4.78 is 23.9. The molecule has 0 spiro atoms. The third-order valence-electron chi connectivity index (χ3n) is 1.65. The molecule has 0 rings (SSSR count). The molecule has 86 valence electrons. The van der Waals surface area contributed by atoms with Gasteiger partial charge >= 0.3 is 5.97 Å². The summed E-state index contributed by atoms with van der Waals surface area (Å²) in [5, 5.41) is 16.8. The molecule has 0 saturated heterocycles. The molecule has 15 heavy (non-hydrogen) atoms. The molecule has 6 nitrogen and oxygen atoms in total. The number of carboxylic acids is 1. The second-order valence-electron chi connectivity index (χ2n) is 2.95. The van der Waals surface area contributed by atoms with Crippen molar-refractivity contribution in [1.29, 1.82) is 5.26 Å². The molecule has 0 aliphatic heterocycles. The Hall–Kier alpha value is -1.13. The number of carboxylic acid groups (broad SMARTS) is 1. The zero-order valence-corrected chi connectivity index (χ0v) is 9.33. The zero-order chi connectivity index (χ0) is 11.9. The summed E-state index contributed by atoms with van der Waals surface area (Å²) in [4.78, 5) is 10.4. The number of rotatable bonds is 7. The predicted octanol–water partition coefficient (Wildman–Crippen LogP) is 0.0265. The number of nitriles is 1. The standard InChI is InChI=1S/C8H14N2O4S/c1-2-5-10(7-8(11)12)15(13,14)6-3-4-9/h2-3,5-7H2,1H3,(H,11,12). The van der Waals surface area contributed by atoms with Gasteiger partial charge in [-0.1, -0.05) is 6.92 Å². The fraction of sp³-hybridized carbons (Fsp3) is 0.750. The first-order chi connectivity index (χ1) is 6.94. The number of carbonyl (C=O) groups is 1. The van der Waals surface area contributed by atoms with E-state index in [1.54, 1.807) is 13.0 Å². The summed E-state index contributed by atoms with van der Waals surface area (Å²) in [5.41, 5.74) is 0. The highest BCUT2D eigenvalue weighted by Gasteiger charge is 2.22. The van der Waals surface area contributed by atoms with E-state index in [0.29, 0.717) is 6.42 Å². The van der Waals surface area contributed by atoms with Gasteiger partial charge in [0.2, 0.25) is 10.0 Å². The van der Waals surface area contributed by atoms with E-state index in [-0.39, 0.29) is 18.7 Å². The van der Waals surface area contributed by atoms with Gasteiger partial charge in [0.25, 0.3) is 0 Å². The van der Waals surface area contributed by atoms with E-state index in [1.165, 1.54) is 0 Å². The molecule has 0 fully saturated rings. The molecule has 0 heterocycles. The quantitative estimate of drug-likeness (QED) is 0.669. The summed E-state index contributed by atoms with van der Waals surface area (Å²) in [6.07, 6.45) is 0.418. The molecule has 7 heteroatoms. The first kappa shape index (κ1) is 13.9. The minimum absolute atomic E-state index is 0.123. The molecule has 1 N–H and O–H groups in total. The van der Waals surface area contributed by atoms with Crippen molar-refractivity contribution in [2.45, 2.75) is 19.8 Å². The summed E-state index contributed by atoms with van der Waals surface area (Å²) in [5.74, 6) is -1.51. The van der Waals surface area contributed by atoms with Crippen molar-refractivity contribution in [2.24, 2.45) is 0 Å². The molecule has 0 unspecified atom stereocenters. The molecule has 0 aromatic heterocycles. The summed E-state index contributed by atoms with van der Waals surface area (Å²) in [6.45, 7) is 1.39. The predicted molar refractivity (Wildman–Crippen MR) is 53.5 cm³/mol. The van der Waals surface area contributed by atoms with Gasteiger partial charge in [0.15, 0.2) is 0 Å². The topological polar surface area (TPSA) is 98.5 Å². The van der Waals surface area contributed by atoms with Crippen molar-refractivity contribution in [3.8, 4) is 6.07 Å². The number of aliphatic carboxylic acids is 1. The van der Waals surface area contributed by atoms with Crippen LogP contribution in [0.25, 0.3) is 0 Å². The highest BCUT2D eigenvalue weighted by Crippen LogP contribution is 2.04. The third kappa shape index (κ3) is 5.34. The molecule has 0 aliphatic rings. The lowest BCUT2D eigenvalue weighted by atomic mass is 10.5. The minimum atomic E-state index is -3.61. The molecular formula is C8H14N2O4S. The zero-order valence-electron chi connectivity index (χ0n) is 8.51. The Bertz CT molecular complexity index is 344. The van der Waals surface area contributed by atoms with Crippen molar-refractivity contribution in [2.75, 3.05) is 18.8 Å². The normalized spacial score (nSPS) is 11.3.